The van der Waals surface area contributed by atoms with E-state index < -0.39 is 60.4 Å². The van der Waals surface area contributed by atoms with Gasteiger partial charge in [0, 0.05) is 18.2 Å². The van der Waals surface area contributed by atoms with E-state index in [0.29, 0.717) is 29.7 Å². The molecule has 2 aromatic heterocycles. The number of benzene rings is 1. The Morgan fingerprint density at radius 2 is 1.63 bits per heavy atom. The molecule has 1 amide bonds. The summed E-state index contributed by atoms with van der Waals surface area (Å²) < 4.78 is 0. The summed E-state index contributed by atoms with van der Waals surface area (Å²) in [6, 6.07) is 3.38. The van der Waals surface area contributed by atoms with Crippen molar-refractivity contribution < 1.29 is 39.3 Å². The smallest absolute Gasteiger partial charge is 0.320 e. The Hall–Kier alpha value is -5.05. The number of carboxylic acid groups (broad SMARTS) is 3. The molecule has 0 spiro atoms. The average Bonchev–Trinajstić information content (AvgIpc) is 3.31. The van der Waals surface area contributed by atoms with E-state index in [9.17, 15) is 29.1 Å². The summed E-state index contributed by atoms with van der Waals surface area (Å²) in [5, 5.41) is 30.6. The fourth-order valence-corrected chi connectivity index (χ4v) is 4.38. The maximum absolute atomic E-state index is 13.0. The second-order valence-electron chi connectivity index (χ2n) is 9.49. The van der Waals surface area contributed by atoms with Crippen molar-refractivity contribution in [1.82, 2.24) is 20.3 Å². The molecule has 2 heterocycles. The predicted octanol–water partition coefficient (Wildman–Crippen LogP) is 0.333. The van der Waals surface area contributed by atoms with Crippen LogP contribution in [0.15, 0.2) is 30.5 Å². The number of nitrogen functional groups attached to an aromatic ring is 2. The Bertz CT molecular complexity index is 1450. The van der Waals surface area contributed by atoms with Gasteiger partial charge in [0.1, 0.15) is 23.4 Å². The number of aromatic nitrogens is 3. The number of ketones is 1. The molecule has 218 valence electrons. The van der Waals surface area contributed by atoms with Crippen molar-refractivity contribution in [3.05, 3.63) is 47.2 Å². The fraction of sp³-hybridized carbons (Fsp3) is 0.346. The van der Waals surface area contributed by atoms with Crippen molar-refractivity contribution in [2.45, 2.75) is 50.6 Å². The highest BCUT2D eigenvalue weighted by molar-refractivity contribution is 6.04. The van der Waals surface area contributed by atoms with Crippen LogP contribution in [-0.2, 0) is 32.0 Å². The van der Waals surface area contributed by atoms with Crippen LogP contribution in [0.2, 0.25) is 0 Å². The van der Waals surface area contributed by atoms with E-state index in [2.05, 4.69) is 20.3 Å². The van der Waals surface area contributed by atoms with Crippen LogP contribution < -0.4 is 22.5 Å². The zero-order valence-corrected chi connectivity index (χ0v) is 21.9. The Morgan fingerprint density at radius 3 is 2.24 bits per heavy atom. The molecular formula is C26H31N7O8. The summed E-state index contributed by atoms with van der Waals surface area (Å²) in [5.74, 6) is -7.63. The van der Waals surface area contributed by atoms with Crippen molar-refractivity contribution in [2.24, 2.45) is 11.7 Å². The monoisotopic (exact) mass is 569 g/mol. The molecule has 0 aliphatic carbocycles. The molecule has 41 heavy (non-hydrogen) atoms. The third-order valence-corrected chi connectivity index (χ3v) is 6.53. The number of amides is 1. The fourth-order valence-electron chi connectivity index (χ4n) is 4.38. The van der Waals surface area contributed by atoms with E-state index >= 15 is 0 Å². The summed E-state index contributed by atoms with van der Waals surface area (Å²) in [6.07, 6.45) is 2.23. The normalized spacial score (nSPS) is 13.3. The molecule has 3 rings (SSSR count). The van der Waals surface area contributed by atoms with Gasteiger partial charge in [0.05, 0.1) is 11.4 Å². The molecule has 1 aromatic carbocycles. The molecule has 0 radical (unpaired) electrons. The maximum atomic E-state index is 13.0. The molecule has 0 aliphatic rings. The van der Waals surface area contributed by atoms with Gasteiger partial charge < -0.3 is 42.8 Å². The Kier molecular flexibility index (Phi) is 9.92. The molecule has 0 aliphatic heterocycles. The lowest BCUT2D eigenvalue weighted by molar-refractivity contribution is -0.148. The summed E-state index contributed by atoms with van der Waals surface area (Å²) in [6.45, 7) is 0. The molecule has 3 atom stereocenters. The largest absolute Gasteiger partial charge is 0.481 e. The first-order valence-corrected chi connectivity index (χ1v) is 12.6. The first-order valence-electron chi connectivity index (χ1n) is 12.6. The number of hydrogen-bond donors (Lipinski definition) is 8. The number of anilines is 2. The number of aliphatic carboxylic acids is 3. The van der Waals surface area contributed by atoms with Crippen LogP contribution in [0.1, 0.15) is 47.2 Å². The van der Waals surface area contributed by atoms with Crippen LogP contribution in [0.4, 0.5) is 11.8 Å². The number of hydrogen-bond acceptors (Lipinski definition) is 10. The molecule has 15 nitrogen and oxygen atoms in total. The lowest BCUT2D eigenvalue weighted by Crippen LogP contribution is -2.47. The third kappa shape index (κ3) is 7.98. The van der Waals surface area contributed by atoms with Gasteiger partial charge in [-0.25, -0.2) is 0 Å². The number of Topliss-reactive ketones (excluding diaryl/α,β-unsaturated/α-hetero) is 1. The molecule has 3 aromatic rings. The SMILES string of the molecule is Nc1nc(N)c2c(CCCc3ccc(C(=O)N[C@@H](CCC(=O)O)C(=O)C(C[C@H](N)C(=O)O)C(=O)O)cc3)c[nH]c2n1. The lowest BCUT2D eigenvalue weighted by Gasteiger charge is -2.22. The number of carboxylic acids is 3. The van der Waals surface area contributed by atoms with Crippen LogP contribution in [0.3, 0.4) is 0 Å². The number of H-pyrrole nitrogens is 1. The number of aryl methyl sites for hydroxylation is 2. The van der Waals surface area contributed by atoms with Crippen molar-refractivity contribution in [3.63, 3.8) is 0 Å². The van der Waals surface area contributed by atoms with E-state index in [1.807, 2.05) is 0 Å². The van der Waals surface area contributed by atoms with Crippen molar-refractivity contribution in [2.75, 3.05) is 11.5 Å². The number of rotatable bonds is 15. The molecule has 15 heteroatoms. The standard InChI is InChI=1S/C26H31N7O8/c27-16(25(40)41)10-15(24(38)39)20(36)17(8-9-18(34)35)31-23(37)13-6-4-12(5-7-13)2-1-3-14-11-30-22-19(14)21(28)32-26(29)33-22/h4-7,11,15-17H,1-3,8-10,27H2,(H,31,37)(H,34,35)(H,38,39)(H,40,41)(H5,28,29,30,32,33)/t15?,16-,17-/m0/s1. The van der Waals surface area contributed by atoms with Gasteiger partial charge in [0.25, 0.3) is 5.91 Å². The zero-order valence-electron chi connectivity index (χ0n) is 21.9. The Labute approximate surface area is 233 Å². The molecule has 0 saturated carbocycles. The first-order chi connectivity index (χ1) is 19.4. The van der Waals surface area contributed by atoms with Crippen molar-refractivity contribution in [3.8, 4) is 0 Å². The highest BCUT2D eigenvalue weighted by atomic mass is 16.4. The molecule has 11 N–H and O–H groups in total. The quantitative estimate of drug-likeness (QED) is 0.115. The van der Waals surface area contributed by atoms with Crippen LogP contribution in [0.5, 0.6) is 0 Å². The number of aromatic amines is 1. The van der Waals surface area contributed by atoms with Crippen LogP contribution in [0, 0.1) is 5.92 Å². The molecule has 0 fully saturated rings. The van der Waals surface area contributed by atoms with E-state index in [-0.39, 0.29) is 17.9 Å². The van der Waals surface area contributed by atoms with Gasteiger partial charge in [0.15, 0.2) is 5.78 Å². The molecule has 1 unspecified atom stereocenters. The van der Waals surface area contributed by atoms with E-state index in [1.165, 1.54) is 12.1 Å². The number of carbonyl (C=O) groups is 5. The number of nitrogens with one attached hydrogen (secondary N) is 2. The minimum atomic E-state index is -1.85. The summed E-state index contributed by atoms with van der Waals surface area (Å²) in [5.41, 5.74) is 19.6. The summed E-state index contributed by atoms with van der Waals surface area (Å²) >= 11 is 0. The maximum Gasteiger partial charge on any atom is 0.320 e. The van der Waals surface area contributed by atoms with Crippen LogP contribution >= 0.6 is 0 Å². The van der Waals surface area contributed by atoms with Crippen molar-refractivity contribution >= 4 is 52.4 Å². The van der Waals surface area contributed by atoms with Gasteiger partial charge >= 0.3 is 17.9 Å². The molecule has 0 saturated heterocycles. The second-order valence-corrected chi connectivity index (χ2v) is 9.49. The number of nitrogens with two attached hydrogens (primary N) is 3. The van der Waals surface area contributed by atoms with Crippen LogP contribution in [0.25, 0.3) is 11.0 Å². The third-order valence-electron chi connectivity index (χ3n) is 6.53. The Balaban J connectivity index is 1.65. The lowest BCUT2D eigenvalue weighted by atomic mass is 9.89. The van der Waals surface area contributed by atoms with Gasteiger partial charge in [-0.3, -0.25) is 24.0 Å². The highest BCUT2D eigenvalue weighted by Crippen LogP contribution is 2.24. The van der Waals surface area contributed by atoms with E-state index in [1.54, 1.807) is 18.3 Å². The summed E-state index contributed by atoms with van der Waals surface area (Å²) in [7, 11) is 0. The average molecular weight is 570 g/mol. The minimum Gasteiger partial charge on any atom is -0.481 e. The zero-order chi connectivity index (χ0) is 30.3. The number of nitrogens with zero attached hydrogens (tertiary/aromatic N) is 2. The Morgan fingerprint density at radius 1 is 0.951 bits per heavy atom. The van der Waals surface area contributed by atoms with Gasteiger partial charge in [-0.2, -0.15) is 9.97 Å². The van der Waals surface area contributed by atoms with Gasteiger partial charge in [-0.1, -0.05) is 12.1 Å². The van der Waals surface area contributed by atoms with E-state index in [4.69, 9.17) is 27.4 Å². The molecular weight excluding hydrogens is 538 g/mol. The first kappa shape index (κ1) is 30.5. The molecule has 0 bridgehead atoms. The minimum absolute atomic E-state index is 0.0780. The number of carbonyl (C=O) groups excluding carboxylic acids is 2. The summed E-state index contributed by atoms with van der Waals surface area (Å²) in [4.78, 5) is 70.8. The van der Waals surface area contributed by atoms with Gasteiger partial charge in [-0.05, 0) is 55.4 Å². The van der Waals surface area contributed by atoms with E-state index in [0.717, 1.165) is 17.5 Å². The van der Waals surface area contributed by atoms with Gasteiger partial charge in [-0.15, -0.1) is 0 Å². The highest BCUT2D eigenvalue weighted by Gasteiger charge is 2.36. The topological polar surface area (TPSA) is 278 Å². The van der Waals surface area contributed by atoms with Crippen molar-refractivity contribution in [1.29, 1.82) is 0 Å². The number of fused-ring (bicyclic) bond motifs is 1. The second kappa shape index (κ2) is 13.3. The predicted molar refractivity (Wildman–Crippen MR) is 146 cm³/mol. The van der Waals surface area contributed by atoms with Gasteiger partial charge in [0.2, 0.25) is 5.95 Å². The van der Waals surface area contributed by atoms with Crippen LogP contribution in [-0.4, -0.2) is 72.0 Å².